The third-order valence-corrected chi connectivity index (χ3v) is 1.38. The molecule has 0 amide bonds. The Hall–Kier alpha value is -1.65. The fraction of sp³-hybridized carbons (Fsp3) is 0.125. The van der Waals surface area contributed by atoms with Gasteiger partial charge in [-0.15, -0.1) is 0 Å². The van der Waals surface area contributed by atoms with E-state index < -0.39 is 6.61 Å². The molecule has 0 bridgehead atoms. The first kappa shape index (κ1) is 9.44. The third kappa shape index (κ3) is 2.14. The van der Waals surface area contributed by atoms with Crippen molar-refractivity contribution in [2.45, 2.75) is 6.61 Å². The lowest BCUT2D eigenvalue weighted by atomic mass is 10.2. The number of phenols is 1. The molecular weight excluding hydrogens is 182 g/mol. The summed E-state index contributed by atoms with van der Waals surface area (Å²) in [6, 6.07) is 3.69. The summed E-state index contributed by atoms with van der Waals surface area (Å²) >= 11 is 0. The molecule has 1 aromatic carbocycles. The van der Waals surface area contributed by atoms with Gasteiger partial charge in [0, 0.05) is 0 Å². The summed E-state index contributed by atoms with van der Waals surface area (Å²) in [5.41, 5.74) is -0.275. The second-order valence-electron chi connectivity index (χ2n) is 2.19. The van der Waals surface area contributed by atoms with Gasteiger partial charge in [-0.1, -0.05) is 6.07 Å². The third-order valence-electron chi connectivity index (χ3n) is 1.38. The van der Waals surface area contributed by atoms with Crippen LogP contribution in [0, 0.1) is 0 Å². The second-order valence-corrected chi connectivity index (χ2v) is 2.19. The molecule has 1 N–H and O–H groups in total. The van der Waals surface area contributed by atoms with E-state index in [1.807, 2.05) is 0 Å². The van der Waals surface area contributed by atoms with Crippen LogP contribution in [0.25, 0.3) is 0 Å². The first-order chi connectivity index (χ1) is 6.15. The fourth-order valence-electron chi connectivity index (χ4n) is 0.850. The summed E-state index contributed by atoms with van der Waals surface area (Å²) in [6.07, 6.45) is 0.257. The molecule has 13 heavy (non-hydrogen) atoms. The highest BCUT2D eigenvalue weighted by Crippen LogP contribution is 2.26. The van der Waals surface area contributed by atoms with Crippen LogP contribution in [-0.4, -0.2) is 18.0 Å². The zero-order chi connectivity index (χ0) is 9.84. The molecule has 0 atom stereocenters. The lowest BCUT2D eigenvalue weighted by Crippen LogP contribution is -2.04. The minimum Gasteiger partial charge on any atom is -0.507 e. The molecule has 0 aliphatic rings. The van der Waals surface area contributed by atoms with Gasteiger partial charge in [0.15, 0.2) is 6.29 Å². The van der Waals surface area contributed by atoms with Crippen molar-refractivity contribution in [3.8, 4) is 11.5 Å². The molecule has 0 saturated heterocycles. The topological polar surface area (TPSA) is 46.5 Å². The Bertz CT molecular complexity index is 312. The number of aromatic hydroxyl groups is 1. The van der Waals surface area contributed by atoms with Gasteiger partial charge < -0.3 is 9.84 Å². The number of ether oxygens (including phenoxy) is 1. The van der Waals surface area contributed by atoms with Gasteiger partial charge in [0.1, 0.15) is 11.5 Å². The van der Waals surface area contributed by atoms with Gasteiger partial charge in [-0.2, -0.15) is 8.78 Å². The Kier molecular flexibility index (Phi) is 2.79. The number of alkyl halides is 2. The van der Waals surface area contributed by atoms with Gasteiger partial charge in [-0.05, 0) is 12.1 Å². The summed E-state index contributed by atoms with van der Waals surface area (Å²) in [5, 5.41) is 9.05. The lowest BCUT2D eigenvalue weighted by molar-refractivity contribution is -0.0501. The van der Waals surface area contributed by atoms with Crippen LogP contribution in [-0.2, 0) is 0 Å². The van der Waals surface area contributed by atoms with Gasteiger partial charge in [0.05, 0.1) is 5.56 Å². The molecule has 0 fully saturated rings. The highest BCUT2D eigenvalue weighted by atomic mass is 19.3. The number of halogens is 2. The SMILES string of the molecule is O=Cc1c(O)cccc1OC(F)F. The molecule has 0 unspecified atom stereocenters. The summed E-state index contributed by atoms with van der Waals surface area (Å²) in [7, 11) is 0. The van der Waals surface area contributed by atoms with Gasteiger partial charge >= 0.3 is 6.61 Å². The van der Waals surface area contributed by atoms with Crippen LogP contribution in [0.3, 0.4) is 0 Å². The largest absolute Gasteiger partial charge is 0.507 e. The molecule has 0 heterocycles. The van der Waals surface area contributed by atoms with E-state index in [0.717, 1.165) is 0 Å². The Labute approximate surface area is 72.6 Å². The maximum absolute atomic E-state index is 11.7. The van der Waals surface area contributed by atoms with E-state index in [0.29, 0.717) is 0 Å². The van der Waals surface area contributed by atoms with E-state index in [-0.39, 0.29) is 23.3 Å². The average molecular weight is 188 g/mol. The molecule has 0 spiro atoms. The number of carbonyl (C=O) groups is 1. The molecular formula is C8H6F2O3. The van der Waals surface area contributed by atoms with Crippen molar-refractivity contribution in [2.75, 3.05) is 0 Å². The molecule has 1 rings (SSSR count). The molecule has 3 nitrogen and oxygen atoms in total. The number of rotatable bonds is 3. The van der Waals surface area contributed by atoms with Crippen LogP contribution in [0.2, 0.25) is 0 Å². The normalized spacial score (nSPS) is 10.1. The zero-order valence-electron chi connectivity index (χ0n) is 6.41. The fourth-order valence-corrected chi connectivity index (χ4v) is 0.850. The lowest BCUT2D eigenvalue weighted by Gasteiger charge is -2.07. The average Bonchev–Trinajstić information content (AvgIpc) is 2.03. The van der Waals surface area contributed by atoms with Crippen LogP contribution in [0.1, 0.15) is 10.4 Å². The predicted molar refractivity (Wildman–Crippen MR) is 40.1 cm³/mol. The van der Waals surface area contributed by atoms with Crippen LogP contribution in [0.5, 0.6) is 11.5 Å². The Balaban J connectivity index is 3.05. The van der Waals surface area contributed by atoms with Crippen molar-refractivity contribution in [3.05, 3.63) is 23.8 Å². The summed E-state index contributed by atoms with van der Waals surface area (Å²) in [5.74, 6) is -0.710. The summed E-state index contributed by atoms with van der Waals surface area (Å²) < 4.78 is 27.5. The first-order valence-electron chi connectivity index (χ1n) is 3.37. The smallest absolute Gasteiger partial charge is 0.387 e. The molecule has 1 aromatic rings. The van der Waals surface area contributed by atoms with E-state index >= 15 is 0 Å². The van der Waals surface area contributed by atoms with Crippen LogP contribution in [0.15, 0.2) is 18.2 Å². The van der Waals surface area contributed by atoms with Crippen molar-refractivity contribution >= 4 is 6.29 Å². The Morgan fingerprint density at radius 3 is 2.69 bits per heavy atom. The van der Waals surface area contributed by atoms with Gasteiger partial charge in [0.2, 0.25) is 0 Å². The molecule has 0 saturated carbocycles. The minimum absolute atomic E-state index is 0.257. The van der Waals surface area contributed by atoms with Crippen molar-refractivity contribution in [1.29, 1.82) is 0 Å². The van der Waals surface area contributed by atoms with Gasteiger partial charge in [-0.25, -0.2) is 0 Å². The molecule has 0 aliphatic heterocycles. The van der Waals surface area contributed by atoms with E-state index in [9.17, 15) is 13.6 Å². The molecule has 0 aliphatic carbocycles. The van der Waals surface area contributed by atoms with E-state index in [4.69, 9.17) is 5.11 Å². The molecule has 70 valence electrons. The number of phenolic OH excluding ortho intramolecular Hbond substituents is 1. The highest BCUT2D eigenvalue weighted by molar-refractivity contribution is 5.83. The van der Waals surface area contributed by atoms with Crippen molar-refractivity contribution in [3.63, 3.8) is 0 Å². The Morgan fingerprint density at radius 1 is 1.46 bits per heavy atom. The van der Waals surface area contributed by atoms with Gasteiger partial charge in [-0.3, -0.25) is 4.79 Å². The highest BCUT2D eigenvalue weighted by Gasteiger charge is 2.11. The van der Waals surface area contributed by atoms with Crippen molar-refractivity contribution < 1.29 is 23.4 Å². The number of hydrogen-bond acceptors (Lipinski definition) is 3. The maximum atomic E-state index is 11.7. The van der Waals surface area contributed by atoms with E-state index in [2.05, 4.69) is 4.74 Å². The Morgan fingerprint density at radius 2 is 2.15 bits per heavy atom. The zero-order valence-corrected chi connectivity index (χ0v) is 6.41. The number of hydrogen-bond donors (Lipinski definition) is 1. The number of carbonyl (C=O) groups excluding carboxylic acids is 1. The number of benzene rings is 1. The minimum atomic E-state index is -3.01. The van der Waals surface area contributed by atoms with Gasteiger partial charge in [0.25, 0.3) is 0 Å². The predicted octanol–water partition coefficient (Wildman–Crippen LogP) is 1.81. The van der Waals surface area contributed by atoms with Crippen LogP contribution in [0.4, 0.5) is 8.78 Å². The van der Waals surface area contributed by atoms with Crippen LogP contribution < -0.4 is 4.74 Å². The molecule has 5 heteroatoms. The van der Waals surface area contributed by atoms with E-state index in [1.165, 1.54) is 18.2 Å². The van der Waals surface area contributed by atoms with Crippen molar-refractivity contribution in [1.82, 2.24) is 0 Å². The number of aldehydes is 1. The quantitative estimate of drug-likeness (QED) is 0.735. The maximum Gasteiger partial charge on any atom is 0.387 e. The second kappa shape index (κ2) is 3.84. The standard InChI is InChI=1S/C8H6F2O3/c9-8(10)13-7-3-1-2-6(12)5(7)4-11/h1-4,8,12H. The summed E-state index contributed by atoms with van der Waals surface area (Å²) in [4.78, 5) is 10.3. The first-order valence-corrected chi connectivity index (χ1v) is 3.37. The van der Waals surface area contributed by atoms with Crippen LogP contribution >= 0.6 is 0 Å². The molecule has 0 radical (unpaired) electrons. The molecule has 0 aromatic heterocycles. The monoisotopic (exact) mass is 188 g/mol. The summed E-state index contributed by atoms with van der Waals surface area (Å²) in [6.45, 7) is -3.01. The van der Waals surface area contributed by atoms with Crippen molar-refractivity contribution in [2.24, 2.45) is 0 Å². The van der Waals surface area contributed by atoms with E-state index in [1.54, 1.807) is 0 Å².